The van der Waals surface area contributed by atoms with Crippen LogP contribution in [0.25, 0.3) is 33.4 Å². The van der Waals surface area contributed by atoms with Crippen LogP contribution >= 0.6 is 0 Å². The predicted octanol–water partition coefficient (Wildman–Crippen LogP) is 5.75. The van der Waals surface area contributed by atoms with Crippen LogP contribution < -0.4 is 4.74 Å². The van der Waals surface area contributed by atoms with Crippen molar-refractivity contribution in [1.29, 1.82) is 0 Å². The minimum Gasteiger partial charge on any atom is -0.457 e. The zero-order valence-corrected chi connectivity index (χ0v) is 15.8. The van der Waals surface area contributed by atoms with Gasteiger partial charge in [-0.05, 0) is 36.4 Å². The lowest BCUT2D eigenvalue weighted by atomic mass is 10.2. The first-order valence-electron chi connectivity index (χ1n) is 9.59. The van der Waals surface area contributed by atoms with Gasteiger partial charge in [-0.2, -0.15) is 10.2 Å². The molecule has 0 saturated carbocycles. The zero-order valence-electron chi connectivity index (χ0n) is 15.8. The van der Waals surface area contributed by atoms with Gasteiger partial charge in [0.15, 0.2) is 0 Å². The van der Waals surface area contributed by atoms with E-state index < -0.39 is 0 Å². The number of rotatable bonds is 4. The van der Waals surface area contributed by atoms with Crippen LogP contribution in [0.4, 0.5) is 0 Å². The van der Waals surface area contributed by atoms with Crippen LogP contribution in [0.5, 0.6) is 11.5 Å². The second-order valence-corrected chi connectivity index (χ2v) is 6.92. The maximum absolute atomic E-state index is 6.11. The molecule has 6 heteroatoms. The molecular formula is C24H16N4O2. The average molecular weight is 392 g/mol. The van der Waals surface area contributed by atoms with Gasteiger partial charge in [-0.3, -0.25) is 0 Å². The van der Waals surface area contributed by atoms with Crippen LogP contribution in [-0.2, 0) is 0 Å². The Bertz CT molecular complexity index is 1480. The highest BCUT2D eigenvalue weighted by atomic mass is 16.5. The quantitative estimate of drug-likeness (QED) is 0.383. The highest BCUT2D eigenvalue weighted by Crippen LogP contribution is 2.31. The summed E-state index contributed by atoms with van der Waals surface area (Å²) in [4.78, 5) is 0. The van der Waals surface area contributed by atoms with Crippen molar-refractivity contribution in [2.24, 2.45) is 0 Å². The number of nitrogens with zero attached hydrogens (tertiary/aromatic N) is 4. The Hall–Kier alpha value is -4.32. The molecule has 0 N–H and O–H groups in total. The summed E-state index contributed by atoms with van der Waals surface area (Å²) in [5.74, 6) is 1.44. The van der Waals surface area contributed by atoms with Crippen molar-refractivity contribution >= 4 is 22.1 Å². The lowest BCUT2D eigenvalue weighted by Gasteiger charge is -2.09. The van der Waals surface area contributed by atoms with E-state index in [0.717, 1.165) is 33.5 Å². The summed E-state index contributed by atoms with van der Waals surface area (Å²) < 4.78 is 15.7. The number of hydrogen-bond donors (Lipinski definition) is 0. The normalized spacial score (nSPS) is 11.3. The van der Waals surface area contributed by atoms with Crippen molar-refractivity contribution in [2.45, 2.75) is 0 Å². The molecule has 3 aromatic heterocycles. The van der Waals surface area contributed by atoms with E-state index in [1.54, 1.807) is 15.6 Å². The molecule has 0 radical (unpaired) electrons. The van der Waals surface area contributed by atoms with Crippen LogP contribution in [-0.4, -0.2) is 19.6 Å². The molecule has 0 aliphatic carbocycles. The van der Waals surface area contributed by atoms with Crippen LogP contribution in [0.15, 0.2) is 102 Å². The first-order chi connectivity index (χ1) is 14.8. The molecule has 30 heavy (non-hydrogen) atoms. The smallest absolute Gasteiger partial charge is 0.230 e. The Morgan fingerprint density at radius 3 is 2.37 bits per heavy atom. The molecule has 0 atom stereocenters. The van der Waals surface area contributed by atoms with E-state index >= 15 is 0 Å². The molecule has 0 unspecified atom stereocenters. The van der Waals surface area contributed by atoms with Crippen molar-refractivity contribution in [3.05, 3.63) is 97.5 Å². The first kappa shape index (κ1) is 16.6. The molecule has 0 fully saturated rings. The second-order valence-electron chi connectivity index (χ2n) is 6.92. The molecular weight excluding hydrogens is 376 g/mol. The summed E-state index contributed by atoms with van der Waals surface area (Å²) in [6, 6.07) is 25.4. The van der Waals surface area contributed by atoms with E-state index in [9.17, 15) is 0 Å². The summed E-state index contributed by atoms with van der Waals surface area (Å²) in [6.45, 7) is 0. The van der Waals surface area contributed by atoms with Gasteiger partial charge in [0.25, 0.3) is 0 Å². The fraction of sp³-hybridized carbons (Fsp3) is 0. The third-order valence-corrected chi connectivity index (χ3v) is 4.99. The molecule has 6 aromatic rings. The number of para-hydroxylation sites is 1. The minimum atomic E-state index is 0.713. The van der Waals surface area contributed by atoms with E-state index in [1.165, 1.54) is 0 Å². The van der Waals surface area contributed by atoms with Gasteiger partial charge in [-0.1, -0.05) is 30.3 Å². The molecule has 144 valence electrons. The van der Waals surface area contributed by atoms with Gasteiger partial charge in [0, 0.05) is 29.9 Å². The fourth-order valence-corrected chi connectivity index (χ4v) is 3.61. The van der Waals surface area contributed by atoms with Crippen molar-refractivity contribution in [1.82, 2.24) is 19.6 Å². The van der Waals surface area contributed by atoms with Gasteiger partial charge in [0.1, 0.15) is 17.1 Å². The van der Waals surface area contributed by atoms with Gasteiger partial charge in [-0.25, -0.2) is 9.36 Å². The van der Waals surface area contributed by atoms with E-state index in [1.807, 2.05) is 91.3 Å². The largest absolute Gasteiger partial charge is 0.457 e. The Balaban J connectivity index is 1.36. The van der Waals surface area contributed by atoms with E-state index in [4.69, 9.17) is 9.15 Å². The summed E-state index contributed by atoms with van der Waals surface area (Å²) in [7, 11) is 0. The molecule has 3 heterocycles. The highest BCUT2D eigenvalue weighted by molar-refractivity contribution is 6.03. The number of furan rings is 1. The van der Waals surface area contributed by atoms with E-state index in [2.05, 4.69) is 10.2 Å². The Kier molecular flexibility index (Phi) is 3.67. The first-order valence-corrected chi connectivity index (χ1v) is 9.59. The molecule has 0 saturated heterocycles. The second kappa shape index (κ2) is 6.63. The van der Waals surface area contributed by atoms with Crippen molar-refractivity contribution < 1.29 is 9.15 Å². The van der Waals surface area contributed by atoms with Gasteiger partial charge < -0.3 is 9.15 Å². The molecule has 6 nitrogen and oxygen atoms in total. The molecule has 0 bridgehead atoms. The zero-order chi connectivity index (χ0) is 19.9. The third-order valence-electron chi connectivity index (χ3n) is 4.99. The molecule has 0 amide bonds. The van der Waals surface area contributed by atoms with Crippen molar-refractivity contribution in [3.63, 3.8) is 0 Å². The van der Waals surface area contributed by atoms with Gasteiger partial charge in [0.05, 0.1) is 23.0 Å². The average Bonchev–Trinajstić information content (AvgIpc) is 3.51. The summed E-state index contributed by atoms with van der Waals surface area (Å²) in [6.07, 6.45) is 5.48. The highest BCUT2D eigenvalue weighted by Gasteiger charge is 2.14. The molecule has 0 aliphatic rings. The summed E-state index contributed by atoms with van der Waals surface area (Å²) in [5, 5.41) is 10.8. The molecule has 6 rings (SSSR count). The molecule has 0 spiro atoms. The SMILES string of the molecule is c1cc(Oc2cccc(-n3ncc4c5ccccc5oc43)c2)cc(-n2cccn2)c1. The Morgan fingerprint density at radius 1 is 0.733 bits per heavy atom. The number of hydrogen-bond acceptors (Lipinski definition) is 4. The predicted molar refractivity (Wildman–Crippen MR) is 114 cm³/mol. The molecule has 3 aromatic carbocycles. The lowest BCUT2D eigenvalue weighted by Crippen LogP contribution is -1.96. The van der Waals surface area contributed by atoms with Crippen LogP contribution in [0.1, 0.15) is 0 Å². The number of aromatic nitrogens is 4. The minimum absolute atomic E-state index is 0.713. The van der Waals surface area contributed by atoms with Gasteiger partial charge in [0.2, 0.25) is 5.71 Å². The monoisotopic (exact) mass is 392 g/mol. The summed E-state index contributed by atoms with van der Waals surface area (Å²) in [5.41, 5.74) is 3.37. The lowest BCUT2D eigenvalue weighted by molar-refractivity contribution is 0.481. The number of ether oxygens (including phenoxy) is 1. The van der Waals surface area contributed by atoms with Crippen LogP contribution in [0.3, 0.4) is 0 Å². The van der Waals surface area contributed by atoms with Crippen molar-refractivity contribution in [3.8, 4) is 22.9 Å². The standard InChI is InChI=1S/C24H16N4O2/c1-2-11-23-21(10-1)22-16-26-28(24(22)30-23)18-7-4-9-20(15-18)29-19-8-3-6-17(14-19)27-13-5-12-25-27/h1-16H. The number of fused-ring (bicyclic) bond motifs is 3. The van der Waals surface area contributed by atoms with Crippen molar-refractivity contribution in [2.75, 3.05) is 0 Å². The maximum atomic E-state index is 6.11. The Morgan fingerprint density at radius 2 is 1.53 bits per heavy atom. The van der Waals surface area contributed by atoms with Crippen LogP contribution in [0, 0.1) is 0 Å². The maximum Gasteiger partial charge on any atom is 0.230 e. The third kappa shape index (κ3) is 2.74. The topological polar surface area (TPSA) is 58.0 Å². The Labute approximate surface area is 171 Å². The summed E-state index contributed by atoms with van der Waals surface area (Å²) >= 11 is 0. The van der Waals surface area contributed by atoms with Gasteiger partial charge in [-0.15, -0.1) is 0 Å². The number of benzene rings is 3. The van der Waals surface area contributed by atoms with Crippen LogP contribution in [0.2, 0.25) is 0 Å². The fourth-order valence-electron chi connectivity index (χ4n) is 3.61. The van der Waals surface area contributed by atoms with E-state index in [-0.39, 0.29) is 0 Å². The van der Waals surface area contributed by atoms with Gasteiger partial charge >= 0.3 is 0 Å². The molecule has 0 aliphatic heterocycles. The van der Waals surface area contributed by atoms with E-state index in [0.29, 0.717) is 11.5 Å².